The van der Waals surface area contributed by atoms with Crippen molar-refractivity contribution in [3.8, 4) is 0 Å². The lowest BCUT2D eigenvalue weighted by atomic mass is 10.2. The number of hydrogen-bond donors (Lipinski definition) is 1. The van der Waals surface area contributed by atoms with E-state index in [9.17, 15) is 4.79 Å². The van der Waals surface area contributed by atoms with Gasteiger partial charge in [-0.05, 0) is 17.7 Å². The van der Waals surface area contributed by atoms with Crippen LogP contribution in [0.4, 0.5) is 0 Å². The van der Waals surface area contributed by atoms with Crippen LogP contribution in [0.25, 0.3) is 0 Å². The van der Waals surface area contributed by atoms with Crippen LogP contribution in [0.2, 0.25) is 0 Å². The molecule has 0 radical (unpaired) electrons. The van der Waals surface area contributed by atoms with Crippen molar-refractivity contribution in [1.82, 2.24) is 5.32 Å². The Hall–Kier alpha value is -0.540. The van der Waals surface area contributed by atoms with Crippen molar-refractivity contribution >= 4 is 33.4 Å². The van der Waals surface area contributed by atoms with Crippen LogP contribution >= 0.6 is 27.5 Å². The highest BCUT2D eigenvalue weighted by atomic mass is 79.9. The van der Waals surface area contributed by atoms with Gasteiger partial charge in [0.25, 0.3) is 0 Å². The second kappa shape index (κ2) is 6.13. The average Bonchev–Trinajstić information content (AvgIpc) is 2.25. The van der Waals surface area contributed by atoms with E-state index < -0.39 is 0 Å². The van der Waals surface area contributed by atoms with Crippen LogP contribution in [-0.2, 0) is 11.3 Å². The molecule has 0 saturated heterocycles. The first kappa shape index (κ1) is 12.5. The molecule has 1 aromatic rings. The molecular formula is C11H13BrClNO. The third-order valence-corrected chi connectivity index (χ3v) is 2.99. The van der Waals surface area contributed by atoms with Crippen molar-refractivity contribution in [1.29, 1.82) is 0 Å². The number of alkyl halides is 1. The number of carbonyl (C=O) groups is 1. The first-order valence-corrected chi connectivity index (χ1v) is 6.04. The molecular weight excluding hydrogens is 277 g/mol. The molecule has 1 aromatic carbocycles. The van der Waals surface area contributed by atoms with Crippen LogP contribution in [-0.4, -0.2) is 11.8 Å². The maximum atomic E-state index is 11.4. The highest BCUT2D eigenvalue weighted by Crippen LogP contribution is 2.11. The van der Waals surface area contributed by atoms with Crippen LogP contribution in [0, 0.1) is 5.92 Å². The normalized spacial score (nSPS) is 12.2. The largest absolute Gasteiger partial charge is 0.352 e. The fourth-order valence-electron chi connectivity index (χ4n) is 1.08. The summed E-state index contributed by atoms with van der Waals surface area (Å²) >= 11 is 8.96. The van der Waals surface area contributed by atoms with Gasteiger partial charge in [0.1, 0.15) is 0 Å². The van der Waals surface area contributed by atoms with E-state index in [1.807, 2.05) is 31.2 Å². The van der Waals surface area contributed by atoms with Crippen molar-refractivity contribution in [2.45, 2.75) is 13.5 Å². The van der Waals surface area contributed by atoms with Gasteiger partial charge in [-0.1, -0.05) is 35.0 Å². The lowest BCUT2D eigenvalue weighted by molar-refractivity contribution is -0.124. The third kappa shape index (κ3) is 4.22. The van der Waals surface area contributed by atoms with Gasteiger partial charge in [-0.2, -0.15) is 0 Å². The molecule has 0 aliphatic heterocycles. The number of amides is 1. The van der Waals surface area contributed by atoms with Gasteiger partial charge < -0.3 is 5.32 Å². The van der Waals surface area contributed by atoms with Crippen LogP contribution in [0.5, 0.6) is 0 Å². The topological polar surface area (TPSA) is 29.1 Å². The minimum absolute atomic E-state index is 0.00928. The highest BCUT2D eigenvalue weighted by Gasteiger charge is 2.10. The molecule has 0 heterocycles. The first-order chi connectivity index (χ1) is 7.13. The molecule has 1 N–H and O–H groups in total. The molecule has 0 aromatic heterocycles. The molecule has 0 spiro atoms. The molecule has 82 valence electrons. The molecule has 1 unspecified atom stereocenters. The molecule has 2 nitrogen and oxygen atoms in total. The summed E-state index contributed by atoms with van der Waals surface area (Å²) in [5.41, 5.74) is 1.07. The van der Waals surface area contributed by atoms with E-state index in [4.69, 9.17) is 11.6 Å². The quantitative estimate of drug-likeness (QED) is 0.849. The zero-order valence-electron chi connectivity index (χ0n) is 8.47. The second-order valence-electron chi connectivity index (χ2n) is 3.40. The Morgan fingerprint density at radius 3 is 2.93 bits per heavy atom. The monoisotopic (exact) mass is 289 g/mol. The van der Waals surface area contributed by atoms with Gasteiger partial charge >= 0.3 is 0 Å². The van der Waals surface area contributed by atoms with Crippen molar-refractivity contribution in [3.05, 3.63) is 34.3 Å². The van der Waals surface area contributed by atoms with Crippen molar-refractivity contribution in [3.63, 3.8) is 0 Å². The van der Waals surface area contributed by atoms with Gasteiger partial charge in [-0.25, -0.2) is 0 Å². The fourth-order valence-corrected chi connectivity index (χ4v) is 1.67. The summed E-state index contributed by atoms with van der Waals surface area (Å²) < 4.78 is 1.01. The molecule has 0 bridgehead atoms. The van der Waals surface area contributed by atoms with Crippen LogP contribution in [0.1, 0.15) is 12.5 Å². The molecule has 0 aliphatic rings. The van der Waals surface area contributed by atoms with Gasteiger partial charge in [0, 0.05) is 22.8 Å². The summed E-state index contributed by atoms with van der Waals surface area (Å²) in [5, 5.41) is 2.83. The van der Waals surface area contributed by atoms with Gasteiger partial charge in [0.05, 0.1) is 0 Å². The molecule has 1 rings (SSSR count). The van der Waals surface area contributed by atoms with Gasteiger partial charge in [-0.15, -0.1) is 11.6 Å². The number of nitrogens with one attached hydrogen (secondary N) is 1. The van der Waals surface area contributed by atoms with Gasteiger partial charge in [-0.3, -0.25) is 4.79 Å². The Kier molecular flexibility index (Phi) is 5.12. The SMILES string of the molecule is CC(CCl)C(=O)NCc1cccc(Br)c1. The van der Waals surface area contributed by atoms with Crippen LogP contribution < -0.4 is 5.32 Å². The van der Waals surface area contributed by atoms with Gasteiger partial charge in [0.15, 0.2) is 0 Å². The molecule has 15 heavy (non-hydrogen) atoms. The Morgan fingerprint density at radius 1 is 1.60 bits per heavy atom. The smallest absolute Gasteiger partial charge is 0.224 e. The van der Waals surface area contributed by atoms with Crippen molar-refractivity contribution in [2.75, 3.05) is 5.88 Å². The van der Waals surface area contributed by atoms with Crippen LogP contribution in [0.3, 0.4) is 0 Å². The molecule has 0 saturated carbocycles. The van der Waals surface area contributed by atoms with E-state index in [-0.39, 0.29) is 11.8 Å². The first-order valence-electron chi connectivity index (χ1n) is 4.71. The molecule has 1 amide bonds. The van der Waals surface area contributed by atoms with E-state index in [2.05, 4.69) is 21.2 Å². The summed E-state index contributed by atoms with van der Waals surface area (Å²) in [4.78, 5) is 11.4. The summed E-state index contributed by atoms with van der Waals surface area (Å²) in [6, 6.07) is 7.84. The van der Waals surface area contributed by atoms with Crippen LogP contribution in [0.15, 0.2) is 28.7 Å². The summed E-state index contributed by atoms with van der Waals surface area (Å²) in [7, 11) is 0. The predicted octanol–water partition coefficient (Wildman–Crippen LogP) is 2.94. The average molecular weight is 291 g/mol. The Labute approximate surface area is 103 Å². The zero-order chi connectivity index (χ0) is 11.3. The Morgan fingerprint density at radius 2 is 2.33 bits per heavy atom. The number of rotatable bonds is 4. The predicted molar refractivity (Wildman–Crippen MR) is 65.9 cm³/mol. The van der Waals surface area contributed by atoms with E-state index in [1.54, 1.807) is 0 Å². The lowest BCUT2D eigenvalue weighted by Gasteiger charge is -2.09. The second-order valence-corrected chi connectivity index (χ2v) is 4.63. The fraction of sp³-hybridized carbons (Fsp3) is 0.364. The standard InChI is InChI=1S/C11H13BrClNO/c1-8(6-13)11(15)14-7-9-3-2-4-10(12)5-9/h2-5,8H,6-7H2,1H3,(H,14,15). The number of hydrogen-bond acceptors (Lipinski definition) is 1. The summed E-state index contributed by atoms with van der Waals surface area (Å²) in [6.07, 6.45) is 0. The van der Waals surface area contributed by atoms with Gasteiger partial charge in [0.2, 0.25) is 5.91 Å². The summed E-state index contributed by atoms with van der Waals surface area (Å²) in [5.74, 6) is 0.202. The minimum Gasteiger partial charge on any atom is -0.352 e. The lowest BCUT2D eigenvalue weighted by Crippen LogP contribution is -2.29. The molecule has 1 atom stereocenters. The molecule has 0 aliphatic carbocycles. The summed E-state index contributed by atoms with van der Waals surface area (Å²) in [6.45, 7) is 2.35. The molecule has 4 heteroatoms. The zero-order valence-corrected chi connectivity index (χ0v) is 10.8. The van der Waals surface area contributed by atoms with E-state index in [0.29, 0.717) is 12.4 Å². The molecule has 0 fully saturated rings. The number of carbonyl (C=O) groups excluding carboxylic acids is 1. The highest BCUT2D eigenvalue weighted by molar-refractivity contribution is 9.10. The van der Waals surface area contributed by atoms with Crippen molar-refractivity contribution < 1.29 is 4.79 Å². The number of halogens is 2. The Balaban J connectivity index is 2.47. The maximum absolute atomic E-state index is 11.4. The minimum atomic E-state index is -0.140. The third-order valence-electron chi connectivity index (χ3n) is 2.03. The number of benzene rings is 1. The van der Waals surface area contributed by atoms with Crippen molar-refractivity contribution in [2.24, 2.45) is 5.92 Å². The van der Waals surface area contributed by atoms with E-state index >= 15 is 0 Å². The van der Waals surface area contributed by atoms with E-state index in [0.717, 1.165) is 10.0 Å². The van der Waals surface area contributed by atoms with E-state index in [1.165, 1.54) is 0 Å². The Bertz CT molecular complexity index is 343. The maximum Gasteiger partial charge on any atom is 0.224 e.